The predicted octanol–water partition coefficient (Wildman–Crippen LogP) is 4.36. The van der Waals surface area contributed by atoms with Crippen LogP contribution < -0.4 is 11.5 Å². The van der Waals surface area contributed by atoms with E-state index in [0.29, 0.717) is 22.9 Å². The monoisotopic (exact) mass is 577 g/mol. The lowest BCUT2D eigenvalue weighted by molar-refractivity contribution is 0.260. The lowest BCUT2D eigenvalue weighted by atomic mass is 10.0. The minimum absolute atomic E-state index is 0.155. The molecule has 0 radical (unpaired) electrons. The number of aliphatic hydroxyl groups excluding tert-OH is 2. The van der Waals surface area contributed by atoms with Gasteiger partial charge in [-0.1, -0.05) is 23.2 Å². The van der Waals surface area contributed by atoms with Crippen molar-refractivity contribution in [2.45, 2.75) is 39.5 Å². The second-order valence-corrected chi connectivity index (χ2v) is 13.6. The Bertz CT molecular complexity index is 961. The summed E-state index contributed by atoms with van der Waals surface area (Å²) in [6.45, 7) is -0.316. The van der Waals surface area contributed by atoms with Crippen molar-refractivity contribution in [2.24, 2.45) is 17.4 Å². The lowest BCUT2D eigenvalue weighted by Crippen LogP contribution is -2.34. The Hall–Kier alpha value is -0.650. The van der Waals surface area contributed by atoms with Crippen LogP contribution in [0.2, 0.25) is 0 Å². The minimum atomic E-state index is -0.849. The average molecular weight is 579 g/mol. The van der Waals surface area contributed by atoms with Gasteiger partial charge in [-0.15, -0.1) is 46.2 Å². The van der Waals surface area contributed by atoms with Gasteiger partial charge in [0.2, 0.25) is 0 Å². The summed E-state index contributed by atoms with van der Waals surface area (Å²) >= 11 is 18.9. The number of thioether (sulfide) groups is 2. The van der Waals surface area contributed by atoms with Crippen molar-refractivity contribution in [3.8, 4) is 6.07 Å². The molecule has 0 saturated carbocycles. The fourth-order valence-corrected chi connectivity index (χ4v) is 9.55. The number of aliphatic hydroxyl groups is 2. The van der Waals surface area contributed by atoms with Crippen molar-refractivity contribution in [3.63, 3.8) is 0 Å². The third kappa shape index (κ3) is 6.97. The zero-order chi connectivity index (χ0) is 24.7. The first kappa shape index (κ1) is 27.9. The number of allylic oxidation sites excluding steroid dienone is 3. The van der Waals surface area contributed by atoms with Crippen LogP contribution in [0.4, 0.5) is 0 Å². The quantitative estimate of drug-likeness (QED) is 0.270. The molecule has 0 saturated heterocycles. The third-order valence-corrected chi connectivity index (χ3v) is 11.5. The number of halogens is 2. The number of thiazole rings is 2. The molecule has 13 heteroatoms. The van der Waals surface area contributed by atoms with Gasteiger partial charge < -0.3 is 21.7 Å². The van der Waals surface area contributed by atoms with Crippen LogP contribution in [0, 0.1) is 17.2 Å². The van der Waals surface area contributed by atoms with Gasteiger partial charge in [-0.25, -0.2) is 0 Å². The van der Waals surface area contributed by atoms with E-state index < -0.39 is 22.1 Å². The SMILES string of the molecule is N#CC1C=C(Cl)C(Cl)=CC1(S[C@H](C[C@H](N)CO)c1cncs1)S[C@H](C[C@H](N)CO)c1cncs1. The van der Waals surface area contributed by atoms with E-state index in [2.05, 4.69) is 16.0 Å². The van der Waals surface area contributed by atoms with Crippen molar-refractivity contribution >= 4 is 69.4 Å². The summed E-state index contributed by atoms with van der Waals surface area (Å²) in [5.41, 5.74) is 15.8. The number of hydrogen-bond donors (Lipinski definition) is 4. The second-order valence-electron chi connectivity index (χ2n) is 7.71. The molecule has 0 aromatic carbocycles. The van der Waals surface area contributed by atoms with Gasteiger partial charge in [0.25, 0.3) is 0 Å². The molecule has 1 unspecified atom stereocenters. The zero-order valence-electron chi connectivity index (χ0n) is 18.0. The smallest absolute Gasteiger partial charge is 0.101 e. The van der Waals surface area contributed by atoms with Gasteiger partial charge in [0.1, 0.15) is 4.08 Å². The molecule has 3 rings (SSSR count). The molecule has 7 nitrogen and oxygen atoms in total. The number of rotatable bonds is 12. The molecule has 5 atom stereocenters. The van der Waals surface area contributed by atoms with Crippen LogP contribution in [-0.4, -0.2) is 49.6 Å². The van der Waals surface area contributed by atoms with Crippen LogP contribution >= 0.6 is 69.4 Å². The van der Waals surface area contributed by atoms with Crippen LogP contribution in [-0.2, 0) is 0 Å². The van der Waals surface area contributed by atoms with Crippen molar-refractivity contribution in [2.75, 3.05) is 13.2 Å². The van der Waals surface area contributed by atoms with E-state index in [1.165, 1.54) is 22.7 Å². The first-order valence-electron chi connectivity index (χ1n) is 10.3. The molecule has 2 heterocycles. The molecule has 6 N–H and O–H groups in total. The number of nitrogens with zero attached hydrogens (tertiary/aromatic N) is 3. The normalized spacial score (nSPS) is 21.1. The van der Waals surface area contributed by atoms with E-state index in [1.54, 1.807) is 53.0 Å². The molecular weight excluding hydrogens is 553 g/mol. The molecule has 0 aliphatic heterocycles. The summed E-state index contributed by atoms with van der Waals surface area (Å²) in [7, 11) is 0. The van der Waals surface area contributed by atoms with Gasteiger partial charge in [-0.05, 0) is 25.0 Å². The standard InChI is InChI=1S/C21H25Cl2N5O2S4/c22-15-1-12(5-24)21(4-16(15)23,33-17(2-13(25)8-29)19-6-27-10-31-19)34-18(3-14(26)9-30)20-7-28-11-32-20/h1,4,6-7,10-14,17-18,29-30H,2-3,8-9,25-26H2/t12?,13-,14-,17+,18+/m0/s1. The van der Waals surface area contributed by atoms with Crippen LogP contribution in [0.1, 0.15) is 33.1 Å². The molecule has 184 valence electrons. The van der Waals surface area contributed by atoms with Gasteiger partial charge in [0.15, 0.2) is 0 Å². The van der Waals surface area contributed by atoms with Crippen molar-refractivity contribution in [1.29, 1.82) is 5.26 Å². The Morgan fingerprint density at radius 1 is 1.00 bits per heavy atom. The lowest BCUT2D eigenvalue weighted by Gasteiger charge is -2.40. The Morgan fingerprint density at radius 2 is 1.50 bits per heavy atom. The maximum absolute atomic E-state index is 10.2. The molecule has 1 aliphatic rings. The molecule has 34 heavy (non-hydrogen) atoms. The fourth-order valence-electron chi connectivity index (χ4n) is 3.40. The molecule has 2 aromatic heterocycles. The van der Waals surface area contributed by atoms with Crippen molar-refractivity contribution in [1.82, 2.24) is 9.97 Å². The fraction of sp³-hybridized carbons (Fsp3) is 0.476. The molecule has 0 amide bonds. The highest BCUT2D eigenvalue weighted by Gasteiger charge is 2.46. The molecule has 0 fully saturated rings. The summed E-state index contributed by atoms with van der Waals surface area (Å²) < 4.78 is -0.849. The largest absolute Gasteiger partial charge is 0.395 e. The van der Waals surface area contributed by atoms with E-state index in [4.69, 9.17) is 34.7 Å². The van der Waals surface area contributed by atoms with E-state index in [9.17, 15) is 15.5 Å². The van der Waals surface area contributed by atoms with E-state index >= 15 is 0 Å². The van der Waals surface area contributed by atoms with E-state index in [1.807, 2.05) is 6.08 Å². The summed E-state index contributed by atoms with van der Waals surface area (Å²) in [5.74, 6) is -0.612. The predicted molar refractivity (Wildman–Crippen MR) is 144 cm³/mol. The first-order chi connectivity index (χ1) is 16.3. The van der Waals surface area contributed by atoms with Gasteiger partial charge in [-0.2, -0.15) is 5.26 Å². The van der Waals surface area contributed by atoms with E-state index in [-0.39, 0.29) is 23.7 Å². The third-order valence-electron chi connectivity index (χ3n) is 5.13. The van der Waals surface area contributed by atoms with Gasteiger partial charge in [0.05, 0.1) is 46.3 Å². The first-order valence-corrected chi connectivity index (χ1v) is 14.6. The van der Waals surface area contributed by atoms with E-state index in [0.717, 1.165) is 9.75 Å². The van der Waals surface area contributed by atoms with Gasteiger partial charge >= 0.3 is 0 Å². The molecular formula is C21H25Cl2N5O2S4. The Balaban J connectivity index is 2.06. The minimum Gasteiger partial charge on any atom is -0.395 e. The maximum Gasteiger partial charge on any atom is 0.101 e. The zero-order valence-corrected chi connectivity index (χ0v) is 22.7. The Kier molecular flexibility index (Phi) is 10.7. The van der Waals surface area contributed by atoms with Crippen LogP contribution in [0.25, 0.3) is 0 Å². The molecule has 1 aliphatic carbocycles. The maximum atomic E-state index is 10.2. The number of hydrogen-bond acceptors (Lipinski definition) is 11. The molecule has 2 aromatic rings. The van der Waals surface area contributed by atoms with Gasteiger partial charge in [-0.3, -0.25) is 9.97 Å². The summed E-state index contributed by atoms with van der Waals surface area (Å²) in [5, 5.41) is 29.8. The highest BCUT2D eigenvalue weighted by Crippen LogP contribution is 2.60. The van der Waals surface area contributed by atoms with Gasteiger partial charge in [0, 0.05) is 44.7 Å². The van der Waals surface area contributed by atoms with Crippen LogP contribution in [0.3, 0.4) is 0 Å². The molecule has 0 spiro atoms. The second kappa shape index (κ2) is 13.1. The molecule has 0 bridgehead atoms. The Morgan fingerprint density at radius 3 is 1.88 bits per heavy atom. The van der Waals surface area contributed by atoms with Crippen molar-refractivity contribution < 1.29 is 10.2 Å². The van der Waals surface area contributed by atoms with Crippen LogP contribution in [0.5, 0.6) is 0 Å². The topological polar surface area (TPSA) is 142 Å². The highest BCUT2D eigenvalue weighted by atomic mass is 35.5. The van der Waals surface area contributed by atoms with Crippen molar-refractivity contribution in [3.05, 3.63) is 55.4 Å². The van der Waals surface area contributed by atoms with Crippen LogP contribution in [0.15, 0.2) is 45.6 Å². The number of nitrogens with two attached hydrogens (primary N) is 2. The number of nitriles is 1. The number of aromatic nitrogens is 2. The summed E-state index contributed by atoms with van der Waals surface area (Å²) in [6, 6.07) is 1.51. The Labute approximate surface area is 225 Å². The highest BCUT2D eigenvalue weighted by molar-refractivity contribution is 8.18. The summed E-state index contributed by atoms with van der Waals surface area (Å²) in [6.07, 6.45) is 8.03. The average Bonchev–Trinajstić information content (AvgIpc) is 3.55. The summed E-state index contributed by atoms with van der Waals surface area (Å²) in [4.78, 5) is 10.4.